The number of hydrogen-bond acceptors (Lipinski definition) is 6. The van der Waals surface area contributed by atoms with Gasteiger partial charge in [-0.3, -0.25) is 9.54 Å². The number of aromatic nitrogens is 1. The fourth-order valence-electron chi connectivity index (χ4n) is 3.94. The normalized spacial score (nSPS) is 11.5. The number of nitrogens with two attached hydrogens (primary N) is 1. The molecule has 174 valence electrons. The van der Waals surface area contributed by atoms with Crippen molar-refractivity contribution < 1.29 is 13.0 Å². The SMILES string of the molecule is Nc1c(N=Nc2ccc(-c3ccccc3-c3ccccc3)nc2)cc(S(=O)(=O)O)c2ccccc12.[NaH]. The summed E-state index contributed by atoms with van der Waals surface area (Å²) in [6.07, 6.45) is 1.58. The van der Waals surface area contributed by atoms with E-state index in [1.807, 2.05) is 42.5 Å². The average molecular weight is 505 g/mol. The number of anilines is 1. The zero-order valence-electron chi connectivity index (χ0n) is 18.4. The van der Waals surface area contributed by atoms with Crippen molar-refractivity contribution in [2.24, 2.45) is 10.2 Å². The standard InChI is InChI=1S/C27H20N4O3S.Na.H/c28-27-23-13-7-6-12-22(23)26(35(32,33)34)16-25(27)31-30-19-14-15-24(29-17-19)21-11-5-4-10-20(21)18-8-2-1-3-9-18;;/h1-17H,28H2,(H,32,33,34);;. The van der Waals surface area contributed by atoms with Gasteiger partial charge in [0.05, 0.1) is 17.6 Å². The van der Waals surface area contributed by atoms with Crippen molar-refractivity contribution in [3.8, 4) is 22.4 Å². The molecular weight excluding hydrogens is 483 g/mol. The summed E-state index contributed by atoms with van der Waals surface area (Å²) in [5, 5.41) is 9.12. The summed E-state index contributed by atoms with van der Waals surface area (Å²) in [7, 11) is -4.48. The number of pyridine rings is 1. The third-order valence-corrected chi connectivity index (χ3v) is 6.51. The molecule has 0 radical (unpaired) electrons. The number of benzene rings is 4. The number of rotatable bonds is 5. The Morgan fingerprint density at radius 3 is 2.06 bits per heavy atom. The van der Waals surface area contributed by atoms with E-state index in [1.165, 1.54) is 6.07 Å². The molecule has 0 spiro atoms. The van der Waals surface area contributed by atoms with E-state index >= 15 is 0 Å². The molecule has 0 amide bonds. The van der Waals surface area contributed by atoms with Crippen molar-refractivity contribution in [1.29, 1.82) is 0 Å². The minimum atomic E-state index is -4.48. The van der Waals surface area contributed by atoms with Gasteiger partial charge in [0, 0.05) is 16.3 Å². The minimum absolute atomic E-state index is 0. The third-order valence-electron chi connectivity index (χ3n) is 5.61. The van der Waals surface area contributed by atoms with Gasteiger partial charge < -0.3 is 5.73 Å². The van der Waals surface area contributed by atoms with Crippen molar-refractivity contribution in [3.05, 3.63) is 103 Å². The second kappa shape index (κ2) is 10.7. The predicted octanol–water partition coefficient (Wildman–Crippen LogP) is 6.16. The second-order valence-electron chi connectivity index (χ2n) is 7.84. The monoisotopic (exact) mass is 504 g/mol. The molecule has 1 heterocycles. The Morgan fingerprint density at radius 2 is 1.39 bits per heavy atom. The molecule has 0 aliphatic carbocycles. The van der Waals surface area contributed by atoms with E-state index in [4.69, 9.17) is 5.73 Å². The van der Waals surface area contributed by atoms with Gasteiger partial charge in [-0.2, -0.15) is 8.42 Å². The van der Waals surface area contributed by atoms with Crippen molar-refractivity contribution >= 4 is 67.5 Å². The van der Waals surface area contributed by atoms with Crippen LogP contribution in [0.5, 0.6) is 0 Å². The molecule has 7 nitrogen and oxygen atoms in total. The molecule has 36 heavy (non-hydrogen) atoms. The summed E-state index contributed by atoms with van der Waals surface area (Å²) in [5.41, 5.74) is 11.0. The van der Waals surface area contributed by atoms with Gasteiger partial charge >= 0.3 is 29.6 Å². The van der Waals surface area contributed by atoms with Gasteiger partial charge in [0.1, 0.15) is 16.3 Å². The Labute approximate surface area is 230 Å². The van der Waals surface area contributed by atoms with Gasteiger partial charge in [-0.1, -0.05) is 78.9 Å². The molecule has 0 aliphatic rings. The van der Waals surface area contributed by atoms with Crippen LogP contribution in [0.15, 0.2) is 118 Å². The third kappa shape index (κ3) is 5.23. The van der Waals surface area contributed by atoms with Crippen LogP contribution in [0.25, 0.3) is 33.2 Å². The first-order valence-electron chi connectivity index (χ1n) is 10.7. The molecular formula is C27H21N4NaO3S. The molecule has 0 aliphatic heterocycles. The summed E-state index contributed by atoms with van der Waals surface area (Å²) in [6.45, 7) is 0. The fraction of sp³-hybridized carbons (Fsp3) is 0. The second-order valence-corrected chi connectivity index (χ2v) is 9.23. The molecule has 0 unspecified atom stereocenters. The van der Waals surface area contributed by atoms with Crippen molar-refractivity contribution in [2.75, 3.05) is 5.73 Å². The van der Waals surface area contributed by atoms with Crippen LogP contribution in [0.1, 0.15) is 0 Å². The Kier molecular flexibility index (Phi) is 7.63. The van der Waals surface area contributed by atoms with E-state index in [0.717, 1.165) is 22.4 Å². The Morgan fingerprint density at radius 1 is 0.750 bits per heavy atom. The van der Waals surface area contributed by atoms with Crippen LogP contribution in [-0.4, -0.2) is 47.5 Å². The summed E-state index contributed by atoms with van der Waals surface area (Å²) in [6, 6.07) is 29.6. The Balaban J connectivity index is 0.00000304. The summed E-state index contributed by atoms with van der Waals surface area (Å²) >= 11 is 0. The molecule has 9 heteroatoms. The molecule has 0 fully saturated rings. The van der Waals surface area contributed by atoms with Gasteiger partial charge in [-0.15, -0.1) is 10.2 Å². The van der Waals surface area contributed by atoms with Crippen LogP contribution >= 0.6 is 0 Å². The van der Waals surface area contributed by atoms with Crippen molar-refractivity contribution in [3.63, 3.8) is 0 Å². The quantitative estimate of drug-likeness (QED) is 0.129. The molecule has 3 N–H and O–H groups in total. The molecule has 4 aromatic carbocycles. The molecule has 1 aromatic heterocycles. The maximum absolute atomic E-state index is 11.9. The number of nitrogen functional groups attached to an aromatic ring is 1. The van der Waals surface area contributed by atoms with E-state index in [9.17, 15) is 13.0 Å². The Hall–Kier alpha value is -3.40. The van der Waals surface area contributed by atoms with E-state index in [2.05, 4.69) is 33.4 Å². The van der Waals surface area contributed by atoms with Gasteiger partial charge in [0.15, 0.2) is 0 Å². The number of azo groups is 1. The summed E-state index contributed by atoms with van der Waals surface area (Å²) in [4.78, 5) is 4.28. The molecule has 0 saturated heterocycles. The fourth-order valence-corrected chi connectivity index (χ4v) is 4.66. The first-order chi connectivity index (χ1) is 16.9. The van der Waals surface area contributed by atoms with E-state index in [1.54, 1.807) is 36.5 Å². The van der Waals surface area contributed by atoms with Crippen LogP contribution < -0.4 is 5.73 Å². The van der Waals surface area contributed by atoms with Crippen LogP contribution in [0.2, 0.25) is 0 Å². The molecule has 0 atom stereocenters. The predicted molar refractivity (Wildman–Crippen MR) is 145 cm³/mol. The summed E-state index contributed by atoms with van der Waals surface area (Å²) in [5.74, 6) is 0. The van der Waals surface area contributed by atoms with E-state index < -0.39 is 10.1 Å². The van der Waals surface area contributed by atoms with Gasteiger partial charge in [0.2, 0.25) is 0 Å². The topological polar surface area (TPSA) is 118 Å². The summed E-state index contributed by atoms with van der Waals surface area (Å²) < 4.78 is 33.5. The average Bonchev–Trinajstić information content (AvgIpc) is 2.88. The Bertz CT molecular complexity index is 1670. The molecule has 0 bridgehead atoms. The number of hydrogen-bond donors (Lipinski definition) is 2. The van der Waals surface area contributed by atoms with Crippen molar-refractivity contribution in [1.82, 2.24) is 4.98 Å². The van der Waals surface area contributed by atoms with Crippen LogP contribution in [0, 0.1) is 0 Å². The first kappa shape index (κ1) is 25.7. The number of fused-ring (bicyclic) bond motifs is 1. The van der Waals surface area contributed by atoms with Crippen LogP contribution in [0.3, 0.4) is 0 Å². The maximum atomic E-state index is 11.9. The van der Waals surface area contributed by atoms with Gasteiger partial charge in [-0.25, -0.2) is 0 Å². The number of nitrogens with zero attached hydrogens (tertiary/aromatic N) is 3. The first-order valence-corrected chi connectivity index (χ1v) is 12.2. The van der Waals surface area contributed by atoms with Crippen LogP contribution in [-0.2, 0) is 10.1 Å². The molecule has 5 rings (SSSR count). The van der Waals surface area contributed by atoms with E-state index in [-0.39, 0.29) is 45.8 Å². The van der Waals surface area contributed by atoms with Gasteiger partial charge in [0.25, 0.3) is 10.1 Å². The molecule has 5 aromatic rings. The van der Waals surface area contributed by atoms with Crippen molar-refractivity contribution in [2.45, 2.75) is 4.90 Å². The van der Waals surface area contributed by atoms with Crippen LogP contribution in [0.4, 0.5) is 17.1 Å². The molecule has 0 saturated carbocycles. The van der Waals surface area contributed by atoms with E-state index in [0.29, 0.717) is 16.5 Å². The van der Waals surface area contributed by atoms with Gasteiger partial charge in [-0.05, 0) is 29.3 Å². The zero-order chi connectivity index (χ0) is 24.4. The zero-order valence-corrected chi connectivity index (χ0v) is 19.2.